The summed E-state index contributed by atoms with van der Waals surface area (Å²) in [5.41, 5.74) is 4.95. The van der Waals surface area contributed by atoms with E-state index in [4.69, 9.17) is 5.73 Å². The SMILES string of the molecule is CC(=O)NCCC(=O)NCCC(=O)NCCC(=O)NCCC(=O)NCCC(=O)NCCC(N)=O. The van der Waals surface area contributed by atoms with E-state index in [2.05, 4.69) is 31.9 Å². The zero-order valence-corrected chi connectivity index (χ0v) is 19.4. The van der Waals surface area contributed by atoms with E-state index < -0.39 is 5.91 Å². The molecule has 0 saturated carbocycles. The standard InChI is InChI=1S/C20H35N7O7/c1-14(28)22-9-3-16(30)24-11-5-18(32)26-13-7-20(34)27-12-6-19(33)25-10-4-17(31)23-8-2-15(21)29/h2-13H2,1H3,(H2,21,29)(H,22,28)(H,23,31)(H,24,30)(H,25,33)(H,26,32)(H,27,34). The van der Waals surface area contributed by atoms with Gasteiger partial charge in [-0.3, -0.25) is 33.6 Å². The number of hydrogen-bond donors (Lipinski definition) is 7. The fourth-order valence-electron chi connectivity index (χ4n) is 2.38. The molecule has 0 aliphatic rings. The Morgan fingerprint density at radius 1 is 0.441 bits per heavy atom. The molecule has 0 fully saturated rings. The molecule has 0 unspecified atom stereocenters. The van der Waals surface area contributed by atoms with Gasteiger partial charge in [-0.15, -0.1) is 0 Å². The predicted octanol–water partition coefficient (Wildman–Crippen LogP) is -3.47. The quantitative estimate of drug-likeness (QED) is 0.104. The summed E-state index contributed by atoms with van der Waals surface area (Å²) in [5.74, 6) is -2.35. The molecule has 0 aromatic rings. The fourth-order valence-corrected chi connectivity index (χ4v) is 2.38. The van der Waals surface area contributed by atoms with Crippen LogP contribution in [0.5, 0.6) is 0 Å². The zero-order chi connectivity index (χ0) is 25.8. The van der Waals surface area contributed by atoms with Crippen LogP contribution >= 0.6 is 0 Å². The van der Waals surface area contributed by atoms with Crippen LogP contribution in [0.15, 0.2) is 0 Å². The lowest BCUT2D eigenvalue weighted by Crippen LogP contribution is -2.36. The minimum Gasteiger partial charge on any atom is -0.370 e. The maximum Gasteiger partial charge on any atom is 0.221 e. The van der Waals surface area contributed by atoms with Crippen LogP contribution in [0.1, 0.15) is 45.4 Å². The monoisotopic (exact) mass is 485 g/mol. The van der Waals surface area contributed by atoms with Crippen molar-refractivity contribution in [1.29, 1.82) is 0 Å². The first-order chi connectivity index (χ1) is 16.1. The molecule has 0 aromatic heterocycles. The summed E-state index contributed by atoms with van der Waals surface area (Å²) in [6.45, 7) is 2.20. The number of carbonyl (C=O) groups excluding carboxylic acids is 7. The predicted molar refractivity (Wildman–Crippen MR) is 121 cm³/mol. The summed E-state index contributed by atoms with van der Waals surface area (Å²) in [5, 5.41) is 15.2. The largest absolute Gasteiger partial charge is 0.370 e. The minimum atomic E-state index is -0.518. The van der Waals surface area contributed by atoms with Crippen LogP contribution in [0.3, 0.4) is 0 Å². The number of hydrogen-bond acceptors (Lipinski definition) is 7. The van der Waals surface area contributed by atoms with Crippen LogP contribution in [0.2, 0.25) is 0 Å². The molecule has 0 saturated heterocycles. The Kier molecular flexibility index (Phi) is 16.8. The van der Waals surface area contributed by atoms with Crippen molar-refractivity contribution in [3.63, 3.8) is 0 Å². The second-order valence-electron chi connectivity index (χ2n) is 7.20. The third-order valence-corrected chi connectivity index (χ3v) is 4.12. The highest BCUT2D eigenvalue weighted by Gasteiger charge is 2.08. The summed E-state index contributed by atoms with van der Waals surface area (Å²) in [6, 6.07) is 0. The van der Waals surface area contributed by atoms with Crippen molar-refractivity contribution in [3.05, 3.63) is 0 Å². The summed E-state index contributed by atoms with van der Waals surface area (Å²) in [7, 11) is 0. The molecule has 0 aromatic carbocycles. The van der Waals surface area contributed by atoms with E-state index in [1.165, 1.54) is 6.92 Å². The molecule has 34 heavy (non-hydrogen) atoms. The van der Waals surface area contributed by atoms with Crippen molar-refractivity contribution < 1.29 is 33.6 Å². The molecule has 0 atom stereocenters. The molecular formula is C20H35N7O7. The summed E-state index contributed by atoms with van der Waals surface area (Å²) >= 11 is 0. The van der Waals surface area contributed by atoms with Crippen LogP contribution in [0.25, 0.3) is 0 Å². The van der Waals surface area contributed by atoms with Crippen molar-refractivity contribution in [1.82, 2.24) is 31.9 Å². The fraction of sp³-hybridized carbons (Fsp3) is 0.650. The smallest absolute Gasteiger partial charge is 0.221 e. The van der Waals surface area contributed by atoms with Crippen molar-refractivity contribution in [3.8, 4) is 0 Å². The Morgan fingerprint density at radius 2 is 0.676 bits per heavy atom. The van der Waals surface area contributed by atoms with Crippen molar-refractivity contribution in [2.45, 2.75) is 45.4 Å². The van der Waals surface area contributed by atoms with Gasteiger partial charge in [0.2, 0.25) is 41.4 Å². The normalized spacial score (nSPS) is 9.91. The molecule has 0 heterocycles. The van der Waals surface area contributed by atoms with Crippen molar-refractivity contribution in [2.24, 2.45) is 5.73 Å². The number of amides is 7. The van der Waals surface area contributed by atoms with Crippen LogP contribution in [-0.2, 0) is 33.6 Å². The second-order valence-corrected chi connectivity index (χ2v) is 7.20. The minimum absolute atomic E-state index is 0.0297. The highest BCUT2D eigenvalue weighted by molar-refractivity contribution is 5.82. The van der Waals surface area contributed by atoms with Gasteiger partial charge in [0.05, 0.1) is 0 Å². The lowest BCUT2D eigenvalue weighted by atomic mass is 10.3. The van der Waals surface area contributed by atoms with Crippen LogP contribution < -0.4 is 37.6 Å². The third-order valence-electron chi connectivity index (χ3n) is 4.12. The van der Waals surface area contributed by atoms with Gasteiger partial charge in [0.1, 0.15) is 0 Å². The molecule has 0 bridgehead atoms. The van der Waals surface area contributed by atoms with Gasteiger partial charge >= 0.3 is 0 Å². The average Bonchev–Trinajstić information content (AvgIpc) is 2.73. The summed E-state index contributed by atoms with van der Waals surface area (Å²) in [6.07, 6.45) is 0.327. The van der Waals surface area contributed by atoms with E-state index in [0.29, 0.717) is 0 Å². The van der Waals surface area contributed by atoms with Gasteiger partial charge in [0.15, 0.2) is 0 Å². The molecule has 0 aliphatic carbocycles. The van der Waals surface area contributed by atoms with Gasteiger partial charge in [0.25, 0.3) is 0 Å². The molecule has 0 radical (unpaired) electrons. The average molecular weight is 486 g/mol. The topological polar surface area (TPSA) is 218 Å². The molecule has 0 spiro atoms. The van der Waals surface area contributed by atoms with Crippen LogP contribution in [0.4, 0.5) is 0 Å². The maximum atomic E-state index is 11.7. The number of rotatable bonds is 18. The lowest BCUT2D eigenvalue weighted by Gasteiger charge is -2.08. The van der Waals surface area contributed by atoms with Crippen LogP contribution in [-0.4, -0.2) is 80.6 Å². The first-order valence-corrected chi connectivity index (χ1v) is 11.0. The molecule has 14 nitrogen and oxygen atoms in total. The van der Waals surface area contributed by atoms with Crippen LogP contribution in [0, 0.1) is 0 Å². The highest BCUT2D eigenvalue weighted by atomic mass is 16.2. The van der Waals surface area contributed by atoms with Gasteiger partial charge in [0, 0.05) is 84.7 Å². The zero-order valence-electron chi connectivity index (χ0n) is 19.4. The first-order valence-electron chi connectivity index (χ1n) is 11.0. The van der Waals surface area contributed by atoms with E-state index in [-0.39, 0.29) is 113 Å². The Hall–Kier alpha value is -3.71. The van der Waals surface area contributed by atoms with Gasteiger partial charge < -0.3 is 37.6 Å². The maximum absolute atomic E-state index is 11.7. The summed E-state index contributed by atoms with van der Waals surface area (Å²) in [4.78, 5) is 79.4. The van der Waals surface area contributed by atoms with Crippen molar-refractivity contribution >= 4 is 41.4 Å². The molecule has 0 aliphatic heterocycles. The van der Waals surface area contributed by atoms with Gasteiger partial charge in [-0.2, -0.15) is 0 Å². The molecule has 7 amide bonds. The second kappa shape index (κ2) is 18.8. The Morgan fingerprint density at radius 3 is 0.912 bits per heavy atom. The molecular weight excluding hydrogens is 450 g/mol. The molecule has 8 N–H and O–H groups in total. The van der Waals surface area contributed by atoms with E-state index in [0.717, 1.165) is 0 Å². The van der Waals surface area contributed by atoms with E-state index in [1.54, 1.807) is 0 Å². The first kappa shape index (κ1) is 30.3. The lowest BCUT2D eigenvalue weighted by molar-refractivity contribution is -0.124. The van der Waals surface area contributed by atoms with E-state index in [1.807, 2.05) is 0 Å². The molecule has 14 heteroatoms. The van der Waals surface area contributed by atoms with E-state index in [9.17, 15) is 33.6 Å². The van der Waals surface area contributed by atoms with Gasteiger partial charge in [-0.05, 0) is 0 Å². The number of carbonyl (C=O) groups is 7. The number of nitrogens with one attached hydrogen (secondary N) is 6. The molecule has 0 rings (SSSR count). The van der Waals surface area contributed by atoms with Gasteiger partial charge in [-0.25, -0.2) is 0 Å². The van der Waals surface area contributed by atoms with Crippen molar-refractivity contribution in [2.75, 3.05) is 39.3 Å². The van der Waals surface area contributed by atoms with Gasteiger partial charge in [-0.1, -0.05) is 0 Å². The third kappa shape index (κ3) is 20.2. The Bertz CT molecular complexity index is 670. The molecule has 192 valence electrons. The highest BCUT2D eigenvalue weighted by Crippen LogP contribution is 1.86. The number of nitrogens with two attached hydrogens (primary N) is 1. The Balaban J connectivity index is 3.68. The summed E-state index contributed by atoms with van der Waals surface area (Å²) < 4.78 is 0. The van der Waals surface area contributed by atoms with E-state index >= 15 is 0 Å². The number of primary amides is 1. The Labute approximate surface area is 197 Å².